The van der Waals surface area contributed by atoms with Crippen LogP contribution >= 0.6 is 0 Å². The molecule has 0 bridgehead atoms. The van der Waals surface area contributed by atoms with E-state index in [4.69, 9.17) is 4.84 Å². The highest BCUT2D eigenvalue weighted by Crippen LogP contribution is 2.67. The van der Waals surface area contributed by atoms with Crippen molar-refractivity contribution in [1.29, 1.82) is 0 Å². The molecule has 32 heavy (non-hydrogen) atoms. The van der Waals surface area contributed by atoms with Gasteiger partial charge in [-0.05, 0) is 106 Å². The van der Waals surface area contributed by atoms with Crippen LogP contribution in [0.25, 0.3) is 0 Å². The zero-order chi connectivity index (χ0) is 23.7. The smallest absolute Gasteiger partial charge is 0.245 e. The average Bonchev–Trinajstić information content (AvgIpc) is 3.11. The first-order valence-electron chi connectivity index (χ1n) is 13.3. The molecule has 4 aliphatic carbocycles. The van der Waals surface area contributed by atoms with E-state index in [1.54, 1.807) is 19.7 Å². The highest BCUT2D eigenvalue weighted by Gasteiger charge is 2.58. The van der Waals surface area contributed by atoms with Gasteiger partial charge < -0.3 is 5.11 Å². The summed E-state index contributed by atoms with van der Waals surface area (Å²) in [6, 6.07) is 0. The van der Waals surface area contributed by atoms with Crippen molar-refractivity contribution < 1.29 is 14.7 Å². The van der Waals surface area contributed by atoms with Gasteiger partial charge in [-0.2, -0.15) is 0 Å². The van der Waals surface area contributed by atoms with E-state index < -0.39 is 5.60 Å². The highest BCUT2D eigenvalue weighted by molar-refractivity contribution is 5.74. The number of carbonyl (C=O) groups is 1. The van der Waals surface area contributed by atoms with Crippen LogP contribution in [0.15, 0.2) is 11.6 Å². The van der Waals surface area contributed by atoms with E-state index in [1.807, 2.05) is 20.8 Å². The minimum Gasteiger partial charge on any atom is -0.390 e. The summed E-state index contributed by atoms with van der Waals surface area (Å²) in [5.74, 6) is 3.28. The van der Waals surface area contributed by atoms with E-state index in [1.165, 1.54) is 43.6 Å². The third-order valence-corrected chi connectivity index (χ3v) is 10.1. The molecule has 1 amide bonds. The number of hydroxylamine groups is 2. The zero-order valence-corrected chi connectivity index (χ0v) is 21.9. The van der Waals surface area contributed by atoms with Gasteiger partial charge >= 0.3 is 0 Å². The monoisotopic (exact) mass is 447 g/mol. The Morgan fingerprint density at radius 3 is 2.53 bits per heavy atom. The van der Waals surface area contributed by atoms with Crippen molar-refractivity contribution in [3.63, 3.8) is 0 Å². The molecule has 0 aliphatic heterocycles. The molecule has 3 saturated carbocycles. The summed E-state index contributed by atoms with van der Waals surface area (Å²) in [7, 11) is 3.25. The topological polar surface area (TPSA) is 49.8 Å². The lowest BCUT2D eigenvalue weighted by Crippen LogP contribution is -2.51. The normalized spacial score (nSPS) is 42.6. The maximum absolute atomic E-state index is 12.1. The fraction of sp³-hybridized carbons (Fsp3) is 0.893. The molecule has 4 rings (SSSR count). The van der Waals surface area contributed by atoms with Gasteiger partial charge in [0.1, 0.15) is 0 Å². The fourth-order valence-corrected chi connectivity index (χ4v) is 8.15. The van der Waals surface area contributed by atoms with Crippen molar-refractivity contribution in [2.45, 2.75) is 111 Å². The van der Waals surface area contributed by atoms with Crippen LogP contribution in [0.5, 0.6) is 0 Å². The molecule has 4 nitrogen and oxygen atoms in total. The molecule has 0 radical (unpaired) electrons. The maximum Gasteiger partial charge on any atom is 0.245 e. The molecule has 0 spiro atoms. The molecule has 0 aromatic rings. The molecular weight excluding hydrogens is 398 g/mol. The Hall–Kier alpha value is -0.870. The average molecular weight is 448 g/mol. The van der Waals surface area contributed by atoms with E-state index in [9.17, 15) is 9.90 Å². The fourth-order valence-electron chi connectivity index (χ4n) is 8.15. The van der Waals surface area contributed by atoms with Crippen molar-refractivity contribution in [3.8, 4) is 0 Å². The van der Waals surface area contributed by atoms with Crippen LogP contribution in [0, 0.1) is 34.5 Å². The van der Waals surface area contributed by atoms with Crippen molar-refractivity contribution in [2.75, 3.05) is 14.2 Å². The molecule has 3 fully saturated rings. The van der Waals surface area contributed by atoms with Gasteiger partial charge in [0.05, 0.1) is 12.7 Å². The lowest BCUT2D eigenvalue weighted by atomic mass is 9.46. The van der Waals surface area contributed by atoms with E-state index in [-0.39, 0.29) is 5.91 Å². The molecule has 7 atom stereocenters. The van der Waals surface area contributed by atoms with Gasteiger partial charge in [0.25, 0.3) is 0 Å². The van der Waals surface area contributed by atoms with Gasteiger partial charge in [-0.1, -0.05) is 39.3 Å². The molecular formula is C28H49NO3. The summed E-state index contributed by atoms with van der Waals surface area (Å²) in [4.78, 5) is 17.1. The maximum atomic E-state index is 12.1. The number of hydrogen-bond acceptors (Lipinski definition) is 3. The van der Waals surface area contributed by atoms with Crippen LogP contribution in [0.3, 0.4) is 0 Å². The molecule has 0 saturated heterocycles. The predicted molar refractivity (Wildman–Crippen MR) is 131 cm³/mol. The number of amides is 1. The summed E-state index contributed by atoms with van der Waals surface area (Å²) in [5, 5.41) is 12.0. The molecule has 0 aromatic heterocycles. The minimum absolute atomic E-state index is 0.0898. The van der Waals surface area contributed by atoms with E-state index in [0.29, 0.717) is 17.3 Å². The van der Waals surface area contributed by atoms with Crippen molar-refractivity contribution in [3.05, 3.63) is 11.6 Å². The van der Waals surface area contributed by atoms with Crippen LogP contribution in [0.4, 0.5) is 0 Å². The lowest BCUT2D eigenvalue weighted by Gasteiger charge is -2.59. The number of fused-ring (bicyclic) bond motifs is 5. The quantitative estimate of drug-likeness (QED) is 0.385. The van der Waals surface area contributed by atoms with Crippen LogP contribution < -0.4 is 0 Å². The SMILES string of the molecule is CC.CON(C)C(=O)CCCC1CCC2C3CC=C4C[C@@](C)(O)CCC4(C)C3CCC12C. The summed E-state index contributed by atoms with van der Waals surface area (Å²) in [5.41, 5.74) is 1.80. The van der Waals surface area contributed by atoms with Crippen molar-refractivity contribution >= 4 is 5.91 Å². The van der Waals surface area contributed by atoms with Crippen molar-refractivity contribution in [1.82, 2.24) is 5.06 Å². The summed E-state index contributed by atoms with van der Waals surface area (Å²) < 4.78 is 0. The Kier molecular flexibility index (Phi) is 7.87. The van der Waals surface area contributed by atoms with E-state index in [0.717, 1.165) is 49.4 Å². The number of carbonyl (C=O) groups excluding carboxylic acids is 1. The Labute approximate surface area is 197 Å². The number of aliphatic hydroxyl groups is 1. The Morgan fingerprint density at radius 1 is 1.12 bits per heavy atom. The van der Waals surface area contributed by atoms with Crippen molar-refractivity contribution in [2.24, 2.45) is 34.5 Å². The van der Waals surface area contributed by atoms with E-state index >= 15 is 0 Å². The number of rotatable bonds is 5. The third-order valence-electron chi connectivity index (χ3n) is 10.1. The second kappa shape index (κ2) is 9.78. The first-order valence-corrected chi connectivity index (χ1v) is 13.3. The molecule has 4 heteroatoms. The molecule has 0 heterocycles. The second-order valence-corrected chi connectivity index (χ2v) is 11.7. The number of hydrogen-bond donors (Lipinski definition) is 1. The number of nitrogens with zero attached hydrogens (tertiary/aromatic N) is 1. The van der Waals surface area contributed by atoms with Crippen LogP contribution in [0.1, 0.15) is 105 Å². The molecule has 184 valence electrons. The standard InChI is InChI=1S/C26H43NO3.C2H6/c1-24(29)15-16-26(3)19(17-24)9-11-20-21-12-10-18(25(21,2)14-13-22(20)26)7-6-8-23(28)27(4)30-5;1-2/h9,18,20-22,29H,6-8,10-17H2,1-5H3;1-2H3/t18?,20?,21?,22?,24-,25?,26?;/m0./s1. The summed E-state index contributed by atoms with van der Waals surface area (Å²) in [6.45, 7) is 11.1. The van der Waals surface area contributed by atoms with Crippen LogP contribution in [0.2, 0.25) is 0 Å². The van der Waals surface area contributed by atoms with Gasteiger partial charge in [0.15, 0.2) is 0 Å². The first-order chi connectivity index (χ1) is 15.1. The van der Waals surface area contributed by atoms with Gasteiger partial charge in [-0.15, -0.1) is 0 Å². The zero-order valence-electron chi connectivity index (χ0n) is 21.9. The summed E-state index contributed by atoms with van der Waals surface area (Å²) >= 11 is 0. The minimum atomic E-state index is -0.506. The van der Waals surface area contributed by atoms with Gasteiger partial charge in [-0.3, -0.25) is 9.63 Å². The van der Waals surface area contributed by atoms with Gasteiger partial charge in [0, 0.05) is 13.5 Å². The molecule has 0 aromatic carbocycles. The van der Waals surface area contributed by atoms with Crippen LogP contribution in [-0.2, 0) is 9.63 Å². The predicted octanol–water partition coefficient (Wildman–Crippen LogP) is 6.53. The molecule has 4 aliphatic rings. The van der Waals surface area contributed by atoms with E-state index in [2.05, 4.69) is 19.9 Å². The Bertz CT molecular complexity index is 701. The Morgan fingerprint density at radius 2 is 1.84 bits per heavy atom. The Balaban J connectivity index is 0.00000141. The molecule has 1 N–H and O–H groups in total. The van der Waals surface area contributed by atoms with Crippen LogP contribution in [-0.4, -0.2) is 35.8 Å². The van der Waals surface area contributed by atoms with Gasteiger partial charge in [-0.25, -0.2) is 5.06 Å². The first kappa shape index (κ1) is 25.7. The third kappa shape index (κ3) is 4.56. The van der Waals surface area contributed by atoms with Gasteiger partial charge in [0.2, 0.25) is 5.91 Å². The second-order valence-electron chi connectivity index (χ2n) is 11.7. The lowest BCUT2D eigenvalue weighted by molar-refractivity contribution is -0.168. The summed E-state index contributed by atoms with van der Waals surface area (Å²) in [6.07, 6.45) is 14.9. The highest BCUT2D eigenvalue weighted by atomic mass is 16.7. The number of allylic oxidation sites excluding steroid dienone is 1. The molecule has 6 unspecified atom stereocenters. The largest absolute Gasteiger partial charge is 0.390 e.